The van der Waals surface area contributed by atoms with Crippen LogP contribution in [0.15, 0.2) is 50.4 Å². The molecule has 0 spiro atoms. The molecule has 0 aromatic carbocycles. The van der Waals surface area contributed by atoms with E-state index in [1.54, 1.807) is 30.1 Å². The van der Waals surface area contributed by atoms with Crippen molar-refractivity contribution in [3.63, 3.8) is 0 Å². The standard InChI is InChI=1S/C29H50B6N8O7/c1-32(46)39-28(38-30-21-44)37-14-9-7-5-6-8-10-17-42(34(3)48)29(40-33(2)47)43(35(4)49)20-25-19-24-18-23(12-13-26(24)50-25)27-36-15-11-16-41(27)31-22-45/h12-13,18-19,21-22,24,26,46-49H,5-11,14-17,20H2,1-4H3,(H2,37,38,39). The monoisotopic (exact) mass is 688 g/mol. The molecule has 15 nitrogen and oxygen atoms in total. The Hall–Kier alpha value is -3.40. The Kier molecular flexibility index (Phi) is 17.8. The summed E-state index contributed by atoms with van der Waals surface area (Å²) in [4.78, 5) is 39.9. The predicted molar refractivity (Wildman–Crippen MR) is 205 cm³/mol. The van der Waals surface area contributed by atoms with Gasteiger partial charge in [-0.2, -0.15) is 0 Å². The fraction of sp³-hybridized carbons (Fsp3) is 0.621. The van der Waals surface area contributed by atoms with E-state index < -0.39 is 28.2 Å². The molecule has 0 amide bonds. The second-order valence-corrected chi connectivity index (χ2v) is 12.6. The minimum absolute atomic E-state index is 0.0681. The minimum Gasteiger partial charge on any atom is -0.488 e. The lowest BCUT2D eigenvalue weighted by Gasteiger charge is -2.37. The molecule has 0 fully saturated rings. The topological polar surface area (TPSA) is 195 Å². The Morgan fingerprint density at radius 2 is 1.76 bits per heavy atom. The van der Waals surface area contributed by atoms with Crippen LogP contribution in [-0.4, -0.2) is 147 Å². The van der Waals surface area contributed by atoms with Gasteiger partial charge in [-0.3, -0.25) is 9.90 Å². The summed E-state index contributed by atoms with van der Waals surface area (Å²) in [6.45, 7) is 9.04. The number of aliphatic imine (C=N–C) groups is 1. The first-order chi connectivity index (χ1) is 24.0. The fourth-order valence-corrected chi connectivity index (χ4v) is 5.94. The number of nitrogens with one attached hydrogen (secondary N) is 2. The lowest BCUT2D eigenvalue weighted by molar-refractivity contribution is 0.154. The molecule has 2 aliphatic heterocycles. The number of hydrogen-bond acceptors (Lipinski definition) is 11. The second-order valence-electron chi connectivity index (χ2n) is 12.6. The van der Waals surface area contributed by atoms with Crippen molar-refractivity contribution < 1.29 is 34.4 Å². The van der Waals surface area contributed by atoms with Crippen LogP contribution in [0.1, 0.15) is 44.9 Å². The second kappa shape index (κ2) is 21.7. The molecule has 0 aromatic rings. The summed E-state index contributed by atoms with van der Waals surface area (Å²) >= 11 is 0. The lowest BCUT2D eigenvalue weighted by Crippen LogP contribution is -2.56. The molecule has 2 heterocycles. The molecule has 0 saturated heterocycles. The Morgan fingerprint density at radius 1 is 1.04 bits per heavy atom. The maximum Gasteiger partial charge on any atom is 0.431 e. The molecule has 1 aliphatic carbocycles. The van der Waals surface area contributed by atoms with Crippen molar-refractivity contribution in [2.45, 2.75) is 78.3 Å². The molecule has 2 unspecified atom stereocenters. The van der Waals surface area contributed by atoms with Crippen LogP contribution in [0.4, 0.5) is 0 Å². The van der Waals surface area contributed by atoms with Crippen molar-refractivity contribution in [1.82, 2.24) is 25.0 Å². The number of fused-ring (bicyclic) bond motifs is 1. The van der Waals surface area contributed by atoms with Crippen molar-refractivity contribution in [2.75, 3.05) is 32.7 Å². The summed E-state index contributed by atoms with van der Waals surface area (Å²) in [5, 5.41) is 47.4. The quantitative estimate of drug-likeness (QED) is 0.0313. The van der Waals surface area contributed by atoms with Crippen molar-refractivity contribution in [2.24, 2.45) is 20.7 Å². The summed E-state index contributed by atoms with van der Waals surface area (Å²) in [6, 6.07) is 0. The van der Waals surface area contributed by atoms with Crippen LogP contribution in [0.3, 0.4) is 0 Å². The van der Waals surface area contributed by atoms with Crippen LogP contribution < -0.4 is 10.5 Å². The average molecular weight is 688 g/mol. The molecular weight excluding hydrogens is 637 g/mol. The van der Waals surface area contributed by atoms with Gasteiger partial charge in [0.1, 0.15) is 30.1 Å². The van der Waals surface area contributed by atoms with Crippen LogP contribution in [0, 0.1) is 5.92 Å². The predicted octanol–water partition coefficient (Wildman–Crippen LogP) is -0.618. The van der Waals surface area contributed by atoms with E-state index in [1.165, 1.54) is 14.2 Å². The number of rotatable bonds is 20. The highest BCUT2D eigenvalue weighted by atomic mass is 16.5. The summed E-state index contributed by atoms with van der Waals surface area (Å²) in [5.41, 5.74) is 0.921. The van der Waals surface area contributed by atoms with Crippen LogP contribution in [0.2, 0.25) is 27.3 Å². The highest BCUT2D eigenvalue weighted by Gasteiger charge is 2.35. The molecule has 266 valence electrons. The molecular formula is C29H50B6N8O7. The summed E-state index contributed by atoms with van der Waals surface area (Å²) in [6.07, 6.45) is 15.5. The highest BCUT2D eigenvalue weighted by molar-refractivity contribution is 6.67. The van der Waals surface area contributed by atoms with Crippen LogP contribution in [-0.2, 0) is 14.3 Å². The molecule has 21 heteroatoms. The third-order valence-corrected chi connectivity index (χ3v) is 8.25. The van der Waals surface area contributed by atoms with E-state index in [4.69, 9.17) is 4.74 Å². The van der Waals surface area contributed by atoms with E-state index in [-0.39, 0.29) is 24.5 Å². The molecule has 6 N–H and O–H groups in total. The maximum absolute atomic E-state index is 11.2. The SMILES string of the molecule is CB(O)N=C(N(CCCCCCCCNC(=N[B]C=O)NB(C)O)B(C)O)N(CC1=CC2C=C(C3=NCCCN3[B]C=O)C=CC2O1)B(C)O. The Labute approximate surface area is 299 Å². The number of guanidine groups is 2. The number of amidine groups is 1. The Balaban J connectivity index is 1.57. The molecule has 3 aliphatic rings. The molecule has 0 bridgehead atoms. The van der Waals surface area contributed by atoms with Crippen LogP contribution in [0.5, 0.6) is 0 Å². The highest BCUT2D eigenvalue weighted by Crippen LogP contribution is 2.32. The zero-order valence-electron chi connectivity index (χ0n) is 29.8. The zero-order valence-corrected chi connectivity index (χ0v) is 29.8. The van der Waals surface area contributed by atoms with E-state index in [1.807, 2.05) is 23.0 Å². The van der Waals surface area contributed by atoms with Gasteiger partial charge in [-0.05, 0) is 58.7 Å². The van der Waals surface area contributed by atoms with Gasteiger partial charge in [-0.15, -0.1) is 0 Å². The molecule has 0 aromatic heterocycles. The number of ether oxygens (including phenoxy) is 1. The van der Waals surface area contributed by atoms with Crippen LogP contribution in [0.25, 0.3) is 0 Å². The van der Waals surface area contributed by atoms with Gasteiger partial charge < -0.3 is 64.3 Å². The zero-order chi connectivity index (χ0) is 36.5. The molecule has 0 saturated carbocycles. The van der Waals surface area contributed by atoms with E-state index in [9.17, 15) is 29.7 Å². The largest absolute Gasteiger partial charge is 0.488 e. The minimum atomic E-state index is -1.07. The van der Waals surface area contributed by atoms with Crippen molar-refractivity contribution >= 4 is 73.2 Å². The van der Waals surface area contributed by atoms with Crippen molar-refractivity contribution in [3.05, 3.63) is 35.6 Å². The molecule has 2 radical (unpaired) electrons. The fourth-order valence-electron chi connectivity index (χ4n) is 5.94. The normalized spacial score (nSPS) is 18.5. The van der Waals surface area contributed by atoms with Crippen molar-refractivity contribution in [3.8, 4) is 0 Å². The van der Waals surface area contributed by atoms with Crippen LogP contribution >= 0.6 is 0 Å². The first-order valence-corrected chi connectivity index (χ1v) is 17.6. The van der Waals surface area contributed by atoms with Gasteiger partial charge in [0.25, 0.3) is 0 Å². The average Bonchev–Trinajstić information content (AvgIpc) is 3.48. The number of carbonyl (C=O) groups excluding carboxylic acids is 2. The third-order valence-electron chi connectivity index (χ3n) is 8.25. The smallest absolute Gasteiger partial charge is 0.431 e. The van der Waals surface area contributed by atoms with E-state index >= 15 is 0 Å². The van der Waals surface area contributed by atoms with Gasteiger partial charge in [0.15, 0.2) is 11.9 Å². The van der Waals surface area contributed by atoms with Gasteiger partial charge in [-0.1, -0.05) is 37.8 Å². The first kappa shape index (κ1) is 41.0. The number of nitrogens with zero attached hydrogens (tertiary/aromatic N) is 6. The van der Waals surface area contributed by atoms with E-state index in [2.05, 4.69) is 31.4 Å². The molecule has 2 atom stereocenters. The van der Waals surface area contributed by atoms with Gasteiger partial charge in [-0.25, -0.2) is 0 Å². The lowest BCUT2D eigenvalue weighted by atomic mass is 9.80. The van der Waals surface area contributed by atoms with Gasteiger partial charge >= 0.3 is 43.0 Å². The number of carbonyl (C=O) groups is 2. The van der Waals surface area contributed by atoms with Gasteiger partial charge in [0, 0.05) is 37.7 Å². The summed E-state index contributed by atoms with van der Waals surface area (Å²) in [5.74, 6) is 1.94. The van der Waals surface area contributed by atoms with E-state index in [0.717, 1.165) is 76.5 Å². The molecule has 50 heavy (non-hydrogen) atoms. The maximum atomic E-state index is 11.2. The molecule has 3 rings (SSSR count). The van der Waals surface area contributed by atoms with Gasteiger partial charge in [0.2, 0.25) is 0 Å². The number of hydrogen-bond donors (Lipinski definition) is 6. The first-order valence-electron chi connectivity index (χ1n) is 17.6. The summed E-state index contributed by atoms with van der Waals surface area (Å²) < 4.78 is 6.27. The number of unbranched alkanes of at least 4 members (excludes halogenated alkanes) is 5. The van der Waals surface area contributed by atoms with E-state index in [0.29, 0.717) is 37.5 Å². The summed E-state index contributed by atoms with van der Waals surface area (Å²) in [7, 11) is -1.19. The third kappa shape index (κ3) is 13.4. The Bertz CT molecular complexity index is 1280. The Morgan fingerprint density at radius 3 is 2.42 bits per heavy atom. The van der Waals surface area contributed by atoms with Gasteiger partial charge in [0.05, 0.1) is 6.54 Å². The van der Waals surface area contributed by atoms with Crippen molar-refractivity contribution in [1.29, 1.82) is 0 Å².